The van der Waals surface area contributed by atoms with Gasteiger partial charge in [-0.15, -0.1) is 0 Å². The van der Waals surface area contributed by atoms with Crippen molar-refractivity contribution in [3.63, 3.8) is 0 Å². The van der Waals surface area contributed by atoms with Crippen molar-refractivity contribution in [1.82, 2.24) is 24.6 Å². The van der Waals surface area contributed by atoms with Gasteiger partial charge in [0, 0.05) is 24.1 Å². The standard InChI is InChI=1S/C16H13N5O2S/c1-10-7-14-19-15(22)8-11(21(14)20-10)9-24-16-17-5-4-12(18-16)13-3-2-6-23-13/h2-8H,9H2,1H3,(H,19,22). The van der Waals surface area contributed by atoms with E-state index in [9.17, 15) is 4.79 Å². The van der Waals surface area contributed by atoms with Gasteiger partial charge in [-0.3, -0.25) is 4.79 Å². The van der Waals surface area contributed by atoms with E-state index < -0.39 is 0 Å². The molecule has 0 aliphatic rings. The molecule has 0 spiro atoms. The second kappa shape index (κ2) is 5.97. The van der Waals surface area contributed by atoms with Crippen LogP contribution < -0.4 is 5.56 Å². The van der Waals surface area contributed by atoms with Crippen molar-refractivity contribution in [3.05, 3.63) is 64.5 Å². The van der Waals surface area contributed by atoms with Gasteiger partial charge in [0.25, 0.3) is 5.56 Å². The molecule has 0 atom stereocenters. The average Bonchev–Trinajstić information content (AvgIpc) is 3.21. The monoisotopic (exact) mass is 339 g/mol. The molecule has 8 heteroatoms. The third-order valence-electron chi connectivity index (χ3n) is 3.41. The van der Waals surface area contributed by atoms with Gasteiger partial charge in [-0.05, 0) is 25.1 Å². The number of aromatic nitrogens is 5. The quantitative estimate of drug-likeness (QED) is 0.454. The molecule has 0 amide bonds. The Hall–Kier alpha value is -2.87. The molecule has 0 aromatic carbocycles. The van der Waals surface area contributed by atoms with Gasteiger partial charge in [-0.25, -0.2) is 14.5 Å². The average molecular weight is 339 g/mol. The Bertz CT molecular complexity index is 1050. The van der Waals surface area contributed by atoms with Crippen molar-refractivity contribution in [2.24, 2.45) is 0 Å². The summed E-state index contributed by atoms with van der Waals surface area (Å²) >= 11 is 1.44. The van der Waals surface area contributed by atoms with Crippen LogP contribution in [0, 0.1) is 6.92 Å². The Balaban J connectivity index is 1.62. The van der Waals surface area contributed by atoms with Gasteiger partial charge in [-0.2, -0.15) is 5.10 Å². The minimum atomic E-state index is -0.150. The molecule has 0 bridgehead atoms. The highest BCUT2D eigenvalue weighted by Crippen LogP contribution is 2.23. The van der Waals surface area contributed by atoms with Gasteiger partial charge < -0.3 is 9.40 Å². The molecule has 24 heavy (non-hydrogen) atoms. The molecule has 120 valence electrons. The highest BCUT2D eigenvalue weighted by Gasteiger charge is 2.09. The summed E-state index contributed by atoms with van der Waals surface area (Å²) in [6.07, 6.45) is 3.30. The molecule has 0 fully saturated rings. The fraction of sp³-hybridized carbons (Fsp3) is 0.125. The van der Waals surface area contributed by atoms with E-state index in [-0.39, 0.29) is 5.56 Å². The van der Waals surface area contributed by atoms with Gasteiger partial charge >= 0.3 is 0 Å². The lowest BCUT2D eigenvalue weighted by atomic mass is 10.3. The molecule has 0 radical (unpaired) electrons. The molecule has 0 aliphatic carbocycles. The van der Waals surface area contributed by atoms with Crippen molar-refractivity contribution in [3.8, 4) is 11.5 Å². The third-order valence-corrected chi connectivity index (χ3v) is 4.30. The fourth-order valence-corrected chi connectivity index (χ4v) is 3.18. The van der Waals surface area contributed by atoms with Gasteiger partial charge in [0.1, 0.15) is 11.3 Å². The zero-order chi connectivity index (χ0) is 16.5. The Morgan fingerprint density at radius 1 is 1.33 bits per heavy atom. The SMILES string of the molecule is Cc1cc2[nH]c(=O)cc(CSc3nccc(-c4ccco4)n3)n2n1. The molecule has 1 N–H and O–H groups in total. The highest BCUT2D eigenvalue weighted by molar-refractivity contribution is 7.98. The summed E-state index contributed by atoms with van der Waals surface area (Å²) in [4.78, 5) is 23.3. The molecule has 4 aromatic rings. The molecule has 7 nitrogen and oxygen atoms in total. The van der Waals surface area contributed by atoms with Crippen LogP contribution in [-0.4, -0.2) is 24.6 Å². The number of hydrogen-bond acceptors (Lipinski definition) is 6. The largest absolute Gasteiger partial charge is 0.463 e. The number of furan rings is 1. The van der Waals surface area contributed by atoms with Gasteiger partial charge in [0.15, 0.2) is 10.9 Å². The second-order valence-electron chi connectivity index (χ2n) is 5.20. The van der Waals surface area contributed by atoms with Gasteiger partial charge in [0.2, 0.25) is 0 Å². The van der Waals surface area contributed by atoms with E-state index in [1.54, 1.807) is 29.1 Å². The summed E-state index contributed by atoms with van der Waals surface area (Å²) in [5.74, 6) is 1.23. The van der Waals surface area contributed by atoms with E-state index in [1.165, 1.54) is 11.8 Å². The summed E-state index contributed by atoms with van der Waals surface area (Å²) < 4.78 is 7.09. The van der Waals surface area contributed by atoms with E-state index in [0.717, 1.165) is 17.1 Å². The third kappa shape index (κ3) is 2.83. The lowest BCUT2D eigenvalue weighted by Crippen LogP contribution is -2.11. The molecule has 0 unspecified atom stereocenters. The van der Waals surface area contributed by atoms with Crippen molar-refractivity contribution < 1.29 is 4.42 Å². The number of rotatable bonds is 4. The van der Waals surface area contributed by atoms with E-state index >= 15 is 0 Å². The predicted octanol–water partition coefficient (Wildman–Crippen LogP) is 2.67. The zero-order valence-electron chi connectivity index (χ0n) is 12.8. The first-order valence-electron chi connectivity index (χ1n) is 7.27. The topological polar surface area (TPSA) is 89.1 Å². The molecule has 0 aliphatic heterocycles. The molecule has 0 saturated heterocycles. The summed E-state index contributed by atoms with van der Waals surface area (Å²) in [7, 11) is 0. The van der Waals surface area contributed by atoms with Crippen LogP contribution in [0.1, 0.15) is 11.4 Å². The highest BCUT2D eigenvalue weighted by atomic mass is 32.2. The Morgan fingerprint density at radius 3 is 3.08 bits per heavy atom. The summed E-state index contributed by atoms with van der Waals surface area (Å²) in [5, 5.41) is 5.01. The number of hydrogen-bond donors (Lipinski definition) is 1. The molecular weight excluding hydrogens is 326 g/mol. The summed E-state index contributed by atoms with van der Waals surface area (Å²) in [5.41, 5.74) is 2.89. The van der Waals surface area contributed by atoms with E-state index in [0.29, 0.717) is 22.3 Å². The van der Waals surface area contributed by atoms with Crippen LogP contribution in [0.3, 0.4) is 0 Å². The number of fused-ring (bicyclic) bond motifs is 1. The summed E-state index contributed by atoms with van der Waals surface area (Å²) in [6, 6.07) is 8.85. The second-order valence-corrected chi connectivity index (χ2v) is 6.14. The van der Waals surface area contributed by atoms with Crippen LogP contribution in [0.25, 0.3) is 17.1 Å². The van der Waals surface area contributed by atoms with Gasteiger partial charge in [0.05, 0.1) is 17.7 Å². The lowest BCUT2D eigenvalue weighted by molar-refractivity contribution is 0.579. The fourth-order valence-electron chi connectivity index (χ4n) is 2.40. The molecule has 4 aromatic heterocycles. The van der Waals surface area contributed by atoms with Crippen molar-refractivity contribution in [1.29, 1.82) is 0 Å². The maximum atomic E-state index is 11.8. The maximum Gasteiger partial charge on any atom is 0.251 e. The van der Waals surface area contributed by atoms with E-state index in [2.05, 4.69) is 20.1 Å². The van der Waals surface area contributed by atoms with Crippen LogP contribution in [0.15, 0.2) is 57.2 Å². The molecule has 0 saturated carbocycles. The molecule has 4 heterocycles. The number of nitrogens with zero attached hydrogens (tertiary/aromatic N) is 4. The van der Waals surface area contributed by atoms with Crippen LogP contribution >= 0.6 is 11.8 Å². The maximum absolute atomic E-state index is 11.8. The normalized spacial score (nSPS) is 11.2. The van der Waals surface area contributed by atoms with E-state index in [1.807, 2.05) is 25.1 Å². The minimum Gasteiger partial charge on any atom is -0.463 e. The predicted molar refractivity (Wildman–Crippen MR) is 89.8 cm³/mol. The smallest absolute Gasteiger partial charge is 0.251 e. The van der Waals surface area contributed by atoms with Crippen LogP contribution in [0.2, 0.25) is 0 Å². The number of thioether (sulfide) groups is 1. The first kappa shape index (κ1) is 14.7. The zero-order valence-corrected chi connectivity index (χ0v) is 13.6. The Kier molecular flexibility index (Phi) is 3.66. The molecular formula is C16H13N5O2S. The first-order chi connectivity index (χ1) is 11.7. The van der Waals surface area contributed by atoms with Crippen LogP contribution in [0.5, 0.6) is 0 Å². The Labute approximate surface area is 140 Å². The minimum absolute atomic E-state index is 0.150. The Morgan fingerprint density at radius 2 is 2.25 bits per heavy atom. The number of nitrogens with one attached hydrogen (secondary N) is 1. The van der Waals surface area contributed by atoms with Gasteiger partial charge in [-0.1, -0.05) is 11.8 Å². The first-order valence-corrected chi connectivity index (χ1v) is 8.26. The van der Waals surface area contributed by atoms with Crippen molar-refractivity contribution >= 4 is 17.4 Å². The van der Waals surface area contributed by atoms with Crippen molar-refractivity contribution in [2.75, 3.05) is 0 Å². The van der Waals surface area contributed by atoms with Crippen LogP contribution in [-0.2, 0) is 5.75 Å². The van der Waals surface area contributed by atoms with Crippen LogP contribution in [0.4, 0.5) is 0 Å². The van der Waals surface area contributed by atoms with Crippen molar-refractivity contribution in [2.45, 2.75) is 17.8 Å². The number of H-pyrrole nitrogens is 1. The van der Waals surface area contributed by atoms with E-state index in [4.69, 9.17) is 4.42 Å². The lowest BCUT2D eigenvalue weighted by Gasteiger charge is -2.04. The number of aromatic amines is 1. The summed E-state index contributed by atoms with van der Waals surface area (Å²) in [6.45, 7) is 1.89. The number of aryl methyl sites for hydroxylation is 1. The molecule has 4 rings (SSSR count).